The molecule has 40 heavy (non-hydrogen) atoms. The summed E-state index contributed by atoms with van der Waals surface area (Å²) in [4.78, 5) is 0. The zero-order valence-electron chi connectivity index (χ0n) is 25.4. The monoisotopic (exact) mass is 583 g/mol. The van der Waals surface area contributed by atoms with Crippen LogP contribution in [0.15, 0.2) is 0 Å². The molecule has 0 saturated heterocycles. The molecule has 0 aliphatic rings. The normalized spacial score (nSPS) is 11.6. The van der Waals surface area contributed by atoms with E-state index in [0.29, 0.717) is 112 Å². The van der Waals surface area contributed by atoms with Gasteiger partial charge in [-0.1, -0.05) is 45.4 Å². The maximum Gasteiger partial charge on any atom is 0.0701 e. The van der Waals surface area contributed by atoms with Gasteiger partial charge in [0, 0.05) is 6.54 Å². The maximum atomic E-state index is 8.57. The van der Waals surface area contributed by atoms with E-state index in [-0.39, 0.29) is 6.61 Å². The molecule has 0 fully saturated rings. The SMILES string of the molecule is CCCCCCCCCNCCOCCOCCOCCOCCOCCOCCOCCOCCOCCO. The molecule has 242 valence electrons. The van der Waals surface area contributed by atoms with Crippen LogP contribution >= 0.6 is 0 Å². The Bertz CT molecular complexity index is 400. The zero-order valence-corrected chi connectivity index (χ0v) is 25.4. The molecule has 0 rings (SSSR count). The largest absolute Gasteiger partial charge is 0.394 e. The van der Waals surface area contributed by atoms with Crippen molar-refractivity contribution >= 4 is 0 Å². The predicted molar refractivity (Wildman–Crippen MR) is 155 cm³/mol. The Kier molecular flexibility index (Phi) is 38.1. The first-order chi connectivity index (χ1) is 19.9. The smallest absolute Gasteiger partial charge is 0.0701 e. The summed E-state index contributed by atoms with van der Waals surface area (Å²) in [6.45, 7) is 13.8. The molecule has 0 aliphatic carbocycles. The van der Waals surface area contributed by atoms with Crippen LogP contribution in [-0.4, -0.2) is 144 Å². The lowest BCUT2D eigenvalue weighted by Crippen LogP contribution is -2.22. The summed E-state index contributed by atoms with van der Waals surface area (Å²) in [6.07, 6.45) is 9.40. The number of hydrogen-bond acceptors (Lipinski definition) is 11. The van der Waals surface area contributed by atoms with Gasteiger partial charge in [0.1, 0.15) is 0 Å². The van der Waals surface area contributed by atoms with E-state index in [1.807, 2.05) is 0 Å². The summed E-state index contributed by atoms with van der Waals surface area (Å²) in [5.74, 6) is 0. The van der Waals surface area contributed by atoms with Crippen LogP contribution in [0.1, 0.15) is 51.9 Å². The second kappa shape index (κ2) is 38.6. The summed E-state index contributed by atoms with van der Waals surface area (Å²) in [5.41, 5.74) is 0. The number of hydrogen-bond donors (Lipinski definition) is 2. The van der Waals surface area contributed by atoms with Gasteiger partial charge in [0.15, 0.2) is 0 Å². The van der Waals surface area contributed by atoms with Crippen molar-refractivity contribution in [2.24, 2.45) is 0 Å². The molecule has 0 aliphatic heterocycles. The summed E-state index contributed by atoms with van der Waals surface area (Å²) < 4.78 is 48.8. The van der Waals surface area contributed by atoms with Gasteiger partial charge in [-0.3, -0.25) is 0 Å². The molecular formula is C29H61NO10. The highest BCUT2D eigenvalue weighted by molar-refractivity contribution is 4.50. The van der Waals surface area contributed by atoms with Crippen molar-refractivity contribution in [1.29, 1.82) is 0 Å². The maximum absolute atomic E-state index is 8.57. The van der Waals surface area contributed by atoms with Crippen molar-refractivity contribution < 1.29 is 47.7 Å². The van der Waals surface area contributed by atoms with Gasteiger partial charge in [-0.05, 0) is 13.0 Å². The summed E-state index contributed by atoms with van der Waals surface area (Å²) >= 11 is 0. The Morgan fingerprint density at radius 3 is 1.00 bits per heavy atom. The Labute approximate surface area is 243 Å². The molecule has 0 amide bonds. The third-order valence-electron chi connectivity index (χ3n) is 5.59. The minimum atomic E-state index is 0.0314. The van der Waals surface area contributed by atoms with E-state index in [1.165, 1.54) is 44.9 Å². The first kappa shape index (κ1) is 39.6. The van der Waals surface area contributed by atoms with Crippen LogP contribution in [0.3, 0.4) is 0 Å². The van der Waals surface area contributed by atoms with E-state index >= 15 is 0 Å². The molecule has 11 heteroatoms. The molecule has 0 atom stereocenters. The van der Waals surface area contributed by atoms with Gasteiger partial charge in [-0.2, -0.15) is 0 Å². The van der Waals surface area contributed by atoms with Crippen LogP contribution < -0.4 is 5.32 Å². The molecule has 0 spiro atoms. The summed E-state index contributed by atoms with van der Waals surface area (Å²) in [6, 6.07) is 0. The fourth-order valence-electron chi connectivity index (χ4n) is 3.40. The van der Waals surface area contributed by atoms with Crippen molar-refractivity contribution in [1.82, 2.24) is 5.32 Å². The fraction of sp³-hybridized carbons (Fsp3) is 1.00. The lowest BCUT2D eigenvalue weighted by molar-refractivity contribution is -0.0254. The molecule has 0 aromatic rings. The predicted octanol–water partition coefficient (Wildman–Crippen LogP) is 2.47. The lowest BCUT2D eigenvalue weighted by Gasteiger charge is -2.09. The molecule has 0 unspecified atom stereocenters. The Morgan fingerprint density at radius 1 is 0.350 bits per heavy atom. The Morgan fingerprint density at radius 2 is 0.650 bits per heavy atom. The first-order valence-corrected chi connectivity index (χ1v) is 15.4. The van der Waals surface area contributed by atoms with Gasteiger partial charge in [0.05, 0.1) is 126 Å². The first-order valence-electron chi connectivity index (χ1n) is 15.4. The quantitative estimate of drug-likeness (QED) is 0.105. The minimum absolute atomic E-state index is 0.0314. The van der Waals surface area contributed by atoms with E-state index in [9.17, 15) is 0 Å². The van der Waals surface area contributed by atoms with Crippen LogP contribution in [0.5, 0.6) is 0 Å². The molecule has 0 bridgehead atoms. The third kappa shape index (κ3) is 37.6. The van der Waals surface area contributed by atoms with E-state index in [1.54, 1.807) is 0 Å². The van der Waals surface area contributed by atoms with Gasteiger partial charge >= 0.3 is 0 Å². The van der Waals surface area contributed by atoms with Gasteiger partial charge in [0.2, 0.25) is 0 Å². The van der Waals surface area contributed by atoms with E-state index < -0.39 is 0 Å². The highest BCUT2D eigenvalue weighted by atomic mass is 16.6. The van der Waals surface area contributed by atoms with Crippen molar-refractivity contribution in [3.8, 4) is 0 Å². The van der Waals surface area contributed by atoms with Crippen LogP contribution in [0.25, 0.3) is 0 Å². The molecule has 2 N–H and O–H groups in total. The summed E-state index contributed by atoms with van der Waals surface area (Å²) in [5, 5.41) is 12.0. The number of ether oxygens (including phenoxy) is 9. The second-order valence-electron chi connectivity index (χ2n) is 9.11. The molecule has 0 radical (unpaired) electrons. The Hall–Kier alpha value is -0.440. The molecule has 0 aromatic heterocycles. The number of aliphatic hydroxyl groups excluding tert-OH is 1. The van der Waals surface area contributed by atoms with Gasteiger partial charge in [-0.25, -0.2) is 0 Å². The standard InChI is InChI=1S/C29H61NO10/c1-2-3-4-5-6-7-8-9-30-10-12-32-14-16-34-18-20-36-22-24-38-26-28-40-29-27-39-25-23-37-21-19-35-17-15-33-13-11-31/h30-31H,2-29H2,1H3. The average molecular weight is 584 g/mol. The molecule has 0 aromatic carbocycles. The van der Waals surface area contributed by atoms with Gasteiger partial charge in [-0.15, -0.1) is 0 Å². The topological polar surface area (TPSA) is 115 Å². The number of nitrogens with one attached hydrogen (secondary N) is 1. The lowest BCUT2D eigenvalue weighted by atomic mass is 10.1. The van der Waals surface area contributed by atoms with Gasteiger partial charge < -0.3 is 53.1 Å². The molecule has 0 heterocycles. The van der Waals surface area contributed by atoms with Crippen molar-refractivity contribution in [2.45, 2.75) is 51.9 Å². The highest BCUT2D eigenvalue weighted by Gasteiger charge is 1.96. The van der Waals surface area contributed by atoms with Crippen molar-refractivity contribution in [3.63, 3.8) is 0 Å². The van der Waals surface area contributed by atoms with Crippen LogP contribution in [0, 0.1) is 0 Å². The van der Waals surface area contributed by atoms with Crippen LogP contribution in [0.2, 0.25) is 0 Å². The van der Waals surface area contributed by atoms with Crippen molar-refractivity contribution in [2.75, 3.05) is 139 Å². The van der Waals surface area contributed by atoms with Crippen LogP contribution in [-0.2, 0) is 42.6 Å². The number of unbranched alkanes of at least 4 members (excludes halogenated alkanes) is 6. The van der Waals surface area contributed by atoms with E-state index in [0.717, 1.165) is 19.7 Å². The fourth-order valence-corrected chi connectivity index (χ4v) is 3.40. The zero-order chi connectivity index (χ0) is 28.9. The molecular weight excluding hydrogens is 522 g/mol. The highest BCUT2D eigenvalue weighted by Crippen LogP contribution is 2.06. The molecule has 11 nitrogen and oxygen atoms in total. The van der Waals surface area contributed by atoms with E-state index in [4.69, 9.17) is 47.7 Å². The van der Waals surface area contributed by atoms with Crippen molar-refractivity contribution in [3.05, 3.63) is 0 Å². The average Bonchev–Trinajstić information content (AvgIpc) is 2.97. The molecule has 0 saturated carbocycles. The van der Waals surface area contributed by atoms with Gasteiger partial charge in [0.25, 0.3) is 0 Å². The minimum Gasteiger partial charge on any atom is -0.394 e. The second-order valence-corrected chi connectivity index (χ2v) is 9.11. The number of aliphatic hydroxyl groups is 1. The van der Waals surface area contributed by atoms with E-state index in [2.05, 4.69) is 12.2 Å². The number of rotatable bonds is 37. The Balaban J connectivity index is 3.01. The summed E-state index contributed by atoms with van der Waals surface area (Å²) in [7, 11) is 0. The van der Waals surface area contributed by atoms with Crippen LogP contribution in [0.4, 0.5) is 0 Å². The third-order valence-corrected chi connectivity index (χ3v) is 5.59.